The number of amides is 1. The van der Waals surface area contributed by atoms with Crippen molar-refractivity contribution in [2.45, 2.75) is 43.5 Å². The van der Waals surface area contributed by atoms with Crippen molar-refractivity contribution in [3.63, 3.8) is 0 Å². The molecule has 19 heavy (non-hydrogen) atoms. The minimum atomic E-state index is -3.66. The maximum absolute atomic E-state index is 12.1. The summed E-state index contributed by atoms with van der Waals surface area (Å²) in [5.41, 5.74) is 0. The summed E-state index contributed by atoms with van der Waals surface area (Å²) in [6.45, 7) is 4.27. The Morgan fingerprint density at radius 3 is 2.58 bits per heavy atom. The molecule has 1 aromatic heterocycles. The van der Waals surface area contributed by atoms with Crippen molar-refractivity contribution < 1.29 is 13.2 Å². The normalized spacial score (nSPS) is 15.5. The zero-order valence-electron chi connectivity index (χ0n) is 11.0. The van der Waals surface area contributed by atoms with Crippen LogP contribution >= 0.6 is 11.5 Å². The van der Waals surface area contributed by atoms with Gasteiger partial charge < -0.3 is 4.90 Å². The van der Waals surface area contributed by atoms with Crippen molar-refractivity contribution in [2.75, 3.05) is 12.3 Å². The van der Waals surface area contributed by atoms with E-state index in [-0.39, 0.29) is 16.3 Å². The van der Waals surface area contributed by atoms with Crippen LogP contribution in [0.25, 0.3) is 0 Å². The standard InChI is InChI=1S/C11H17N3O3S2/c1-3-9-12-11(18-13-9)19(16,17)7-10(15)14(4-2)8-5-6-8/h8H,3-7H2,1-2H3. The molecule has 0 aliphatic heterocycles. The molecular formula is C11H17N3O3S2. The molecule has 106 valence electrons. The van der Waals surface area contributed by atoms with Gasteiger partial charge in [-0.15, -0.1) is 0 Å². The van der Waals surface area contributed by atoms with Gasteiger partial charge in [0, 0.05) is 19.0 Å². The predicted octanol–water partition coefficient (Wildman–Crippen LogP) is 0.885. The maximum atomic E-state index is 12.1. The topological polar surface area (TPSA) is 80.2 Å². The van der Waals surface area contributed by atoms with Crippen LogP contribution in [0.5, 0.6) is 0 Å². The third-order valence-electron chi connectivity index (χ3n) is 2.99. The van der Waals surface area contributed by atoms with Crippen LogP contribution in [0.1, 0.15) is 32.5 Å². The summed E-state index contributed by atoms with van der Waals surface area (Å²) in [6.07, 6.45) is 2.53. The minimum absolute atomic E-state index is 0.0513. The maximum Gasteiger partial charge on any atom is 0.238 e. The number of aryl methyl sites for hydroxylation is 1. The number of hydrogen-bond donors (Lipinski definition) is 0. The van der Waals surface area contributed by atoms with E-state index in [0.717, 1.165) is 24.4 Å². The summed E-state index contributed by atoms with van der Waals surface area (Å²) in [4.78, 5) is 17.6. The highest BCUT2D eigenvalue weighted by molar-refractivity contribution is 7.93. The Bertz CT molecular complexity index is 563. The average molecular weight is 303 g/mol. The zero-order valence-corrected chi connectivity index (χ0v) is 12.6. The quantitative estimate of drug-likeness (QED) is 0.779. The molecule has 0 unspecified atom stereocenters. The third-order valence-corrected chi connectivity index (χ3v) is 5.78. The van der Waals surface area contributed by atoms with Crippen molar-refractivity contribution in [3.05, 3.63) is 5.82 Å². The second-order valence-electron chi connectivity index (χ2n) is 4.50. The van der Waals surface area contributed by atoms with Gasteiger partial charge in [0.1, 0.15) is 11.6 Å². The monoisotopic (exact) mass is 303 g/mol. The molecule has 0 N–H and O–H groups in total. The fourth-order valence-electron chi connectivity index (χ4n) is 1.84. The van der Waals surface area contributed by atoms with Crippen molar-refractivity contribution in [1.29, 1.82) is 0 Å². The predicted molar refractivity (Wildman–Crippen MR) is 71.7 cm³/mol. The van der Waals surface area contributed by atoms with Crippen LogP contribution in [0.2, 0.25) is 0 Å². The lowest BCUT2D eigenvalue weighted by Gasteiger charge is -2.19. The summed E-state index contributed by atoms with van der Waals surface area (Å²) >= 11 is 0.847. The van der Waals surface area contributed by atoms with E-state index in [4.69, 9.17) is 0 Å². The average Bonchev–Trinajstić information content (AvgIpc) is 3.05. The van der Waals surface area contributed by atoms with E-state index < -0.39 is 15.6 Å². The highest BCUT2D eigenvalue weighted by Gasteiger charge is 2.34. The minimum Gasteiger partial charge on any atom is -0.339 e. The molecule has 0 bridgehead atoms. The first-order valence-corrected chi connectivity index (χ1v) is 8.75. The number of hydrogen-bond acceptors (Lipinski definition) is 6. The smallest absolute Gasteiger partial charge is 0.238 e. The molecule has 0 radical (unpaired) electrons. The van der Waals surface area contributed by atoms with Crippen molar-refractivity contribution in [3.8, 4) is 0 Å². The van der Waals surface area contributed by atoms with Crippen LogP contribution in [0.15, 0.2) is 4.34 Å². The highest BCUT2D eigenvalue weighted by Crippen LogP contribution is 2.27. The largest absolute Gasteiger partial charge is 0.339 e. The van der Waals surface area contributed by atoms with Gasteiger partial charge in [0.15, 0.2) is 0 Å². The summed E-state index contributed by atoms with van der Waals surface area (Å²) in [6, 6.07) is 0.230. The van der Waals surface area contributed by atoms with Gasteiger partial charge in [-0.2, -0.15) is 4.37 Å². The Morgan fingerprint density at radius 2 is 2.11 bits per heavy atom. The zero-order chi connectivity index (χ0) is 14.0. The molecule has 1 aliphatic carbocycles. The van der Waals surface area contributed by atoms with E-state index >= 15 is 0 Å². The number of nitrogens with zero attached hydrogens (tertiary/aromatic N) is 3. The molecule has 6 nitrogen and oxygen atoms in total. The van der Waals surface area contributed by atoms with Gasteiger partial charge in [-0.05, 0) is 31.3 Å². The fraction of sp³-hybridized carbons (Fsp3) is 0.727. The fourth-order valence-corrected chi connectivity index (χ4v) is 3.94. The molecule has 1 aromatic rings. The van der Waals surface area contributed by atoms with Crippen LogP contribution in [0.3, 0.4) is 0 Å². The molecule has 0 atom stereocenters. The lowest BCUT2D eigenvalue weighted by Crippen LogP contribution is -2.37. The Hall–Kier alpha value is -1.02. The summed E-state index contributed by atoms with van der Waals surface area (Å²) in [5.74, 6) is -0.334. The Labute approximate surface area is 116 Å². The first kappa shape index (κ1) is 14.4. The van der Waals surface area contributed by atoms with Crippen LogP contribution in [0, 0.1) is 0 Å². The van der Waals surface area contributed by atoms with Gasteiger partial charge in [-0.1, -0.05) is 6.92 Å². The van der Waals surface area contributed by atoms with Gasteiger partial charge in [0.25, 0.3) is 0 Å². The Balaban J connectivity index is 2.09. The van der Waals surface area contributed by atoms with Crippen molar-refractivity contribution >= 4 is 27.3 Å². The first-order valence-electron chi connectivity index (χ1n) is 6.32. The van der Waals surface area contributed by atoms with E-state index in [1.807, 2.05) is 13.8 Å². The van der Waals surface area contributed by atoms with E-state index in [2.05, 4.69) is 9.36 Å². The molecule has 0 saturated heterocycles. The van der Waals surface area contributed by atoms with E-state index in [9.17, 15) is 13.2 Å². The van der Waals surface area contributed by atoms with Gasteiger partial charge in [0.2, 0.25) is 20.1 Å². The van der Waals surface area contributed by atoms with Gasteiger partial charge in [-0.3, -0.25) is 4.79 Å². The molecule has 0 spiro atoms. The van der Waals surface area contributed by atoms with Crippen molar-refractivity contribution in [1.82, 2.24) is 14.3 Å². The van der Waals surface area contributed by atoms with Gasteiger partial charge >= 0.3 is 0 Å². The highest BCUT2D eigenvalue weighted by atomic mass is 32.2. The van der Waals surface area contributed by atoms with E-state index in [0.29, 0.717) is 18.8 Å². The number of carbonyl (C=O) groups is 1. The summed E-state index contributed by atoms with van der Waals surface area (Å²) in [7, 11) is -3.66. The number of carbonyl (C=O) groups excluding carboxylic acids is 1. The molecule has 1 aliphatic rings. The number of aromatic nitrogens is 2. The lowest BCUT2D eigenvalue weighted by atomic mass is 10.4. The summed E-state index contributed by atoms with van der Waals surface area (Å²) < 4.78 is 28.1. The molecule has 0 aromatic carbocycles. The molecular weight excluding hydrogens is 286 g/mol. The second kappa shape index (κ2) is 5.54. The Kier molecular flexibility index (Phi) is 4.19. The molecule has 1 fully saturated rings. The number of rotatable bonds is 6. The van der Waals surface area contributed by atoms with Crippen LogP contribution < -0.4 is 0 Å². The molecule has 1 amide bonds. The van der Waals surface area contributed by atoms with Gasteiger partial charge in [0.05, 0.1) is 0 Å². The van der Waals surface area contributed by atoms with Gasteiger partial charge in [-0.25, -0.2) is 13.4 Å². The Morgan fingerprint density at radius 1 is 1.42 bits per heavy atom. The molecule has 1 saturated carbocycles. The van der Waals surface area contributed by atoms with E-state index in [1.54, 1.807) is 4.90 Å². The van der Waals surface area contributed by atoms with Crippen molar-refractivity contribution in [2.24, 2.45) is 0 Å². The molecule has 1 heterocycles. The third kappa shape index (κ3) is 3.30. The summed E-state index contributed by atoms with van der Waals surface area (Å²) in [5, 5.41) is 0. The molecule has 2 rings (SSSR count). The number of sulfone groups is 1. The molecule has 8 heteroatoms. The SMILES string of the molecule is CCc1nsc(S(=O)(=O)CC(=O)N(CC)C2CC2)n1. The lowest BCUT2D eigenvalue weighted by molar-refractivity contribution is -0.128. The van der Waals surface area contributed by atoms with Crippen LogP contribution in [-0.2, 0) is 21.1 Å². The van der Waals surface area contributed by atoms with E-state index in [1.165, 1.54) is 0 Å². The van der Waals surface area contributed by atoms with Crippen LogP contribution in [0.4, 0.5) is 0 Å². The first-order chi connectivity index (χ1) is 8.97. The second-order valence-corrected chi connectivity index (χ2v) is 7.42. The van der Waals surface area contributed by atoms with Crippen LogP contribution in [-0.4, -0.2) is 46.9 Å².